The van der Waals surface area contributed by atoms with E-state index in [4.69, 9.17) is 0 Å². The molecule has 2 heterocycles. The molecule has 0 spiro atoms. The fraction of sp³-hybridized carbons (Fsp3) is 0.571. The van der Waals surface area contributed by atoms with Crippen LogP contribution in [0.25, 0.3) is 0 Å². The first kappa shape index (κ1) is 10.3. The first-order valence-corrected chi connectivity index (χ1v) is 6.45. The van der Waals surface area contributed by atoms with Gasteiger partial charge in [0.2, 0.25) is 0 Å². The summed E-state index contributed by atoms with van der Waals surface area (Å²) in [5, 5.41) is 3.51. The van der Waals surface area contributed by atoms with E-state index in [-0.39, 0.29) is 0 Å². The number of piperidine rings is 1. The Labute approximate surface area is 97.6 Å². The summed E-state index contributed by atoms with van der Waals surface area (Å²) < 4.78 is 0. The van der Waals surface area contributed by atoms with Crippen LogP contribution >= 0.6 is 0 Å². The van der Waals surface area contributed by atoms with Gasteiger partial charge in [-0.3, -0.25) is 4.90 Å². The molecule has 86 valence electrons. The molecule has 2 aliphatic rings. The monoisotopic (exact) mass is 216 g/mol. The molecule has 0 aliphatic carbocycles. The molecule has 1 fully saturated rings. The van der Waals surface area contributed by atoms with Crippen molar-refractivity contribution < 1.29 is 0 Å². The second kappa shape index (κ2) is 4.56. The average Bonchev–Trinajstić information content (AvgIpc) is 2.39. The van der Waals surface area contributed by atoms with Crippen LogP contribution in [-0.4, -0.2) is 30.6 Å². The average molecular weight is 216 g/mol. The molecule has 16 heavy (non-hydrogen) atoms. The zero-order chi connectivity index (χ0) is 10.8. The van der Waals surface area contributed by atoms with Gasteiger partial charge in [-0.15, -0.1) is 0 Å². The van der Waals surface area contributed by atoms with E-state index in [0.29, 0.717) is 0 Å². The number of nitrogens with one attached hydrogen (secondary N) is 1. The molecular formula is C14H20N2. The lowest BCUT2D eigenvalue weighted by Crippen LogP contribution is -2.47. The second-order valence-electron chi connectivity index (χ2n) is 4.99. The van der Waals surface area contributed by atoms with Gasteiger partial charge in [-0.1, -0.05) is 24.3 Å². The molecule has 1 unspecified atom stereocenters. The maximum atomic E-state index is 3.51. The Morgan fingerprint density at radius 2 is 2.06 bits per heavy atom. The van der Waals surface area contributed by atoms with Crippen molar-refractivity contribution in [3.8, 4) is 0 Å². The third-order valence-corrected chi connectivity index (χ3v) is 3.95. The topological polar surface area (TPSA) is 15.3 Å². The van der Waals surface area contributed by atoms with Crippen LogP contribution in [0.2, 0.25) is 0 Å². The molecule has 2 nitrogen and oxygen atoms in total. The van der Waals surface area contributed by atoms with E-state index in [9.17, 15) is 0 Å². The van der Waals surface area contributed by atoms with Gasteiger partial charge in [-0.25, -0.2) is 0 Å². The number of nitrogens with zero attached hydrogens (tertiary/aromatic N) is 1. The normalized spacial score (nSPS) is 26.4. The first-order valence-electron chi connectivity index (χ1n) is 6.45. The molecule has 1 N–H and O–H groups in total. The van der Waals surface area contributed by atoms with Crippen molar-refractivity contribution in [2.45, 2.75) is 31.8 Å². The molecule has 1 aromatic carbocycles. The zero-order valence-corrected chi connectivity index (χ0v) is 9.78. The third-order valence-electron chi connectivity index (χ3n) is 3.95. The summed E-state index contributed by atoms with van der Waals surface area (Å²) in [5.74, 6) is 0. The van der Waals surface area contributed by atoms with Crippen LogP contribution < -0.4 is 5.32 Å². The van der Waals surface area contributed by atoms with Crippen LogP contribution in [0.15, 0.2) is 24.3 Å². The second-order valence-corrected chi connectivity index (χ2v) is 4.99. The van der Waals surface area contributed by atoms with E-state index in [1.165, 1.54) is 38.9 Å². The van der Waals surface area contributed by atoms with Crippen LogP contribution in [0.5, 0.6) is 0 Å². The van der Waals surface area contributed by atoms with Crippen LogP contribution in [-0.2, 0) is 13.0 Å². The van der Waals surface area contributed by atoms with E-state index < -0.39 is 0 Å². The smallest absolute Gasteiger partial charge is 0.0240 e. The molecular weight excluding hydrogens is 196 g/mol. The minimum atomic E-state index is 0.766. The SMILES string of the molecule is c1ccc2c(c1)CCN(C1CCCNC1)C2. The van der Waals surface area contributed by atoms with Crippen molar-refractivity contribution in [1.29, 1.82) is 0 Å². The van der Waals surface area contributed by atoms with Crippen molar-refractivity contribution in [2.24, 2.45) is 0 Å². The Morgan fingerprint density at radius 3 is 2.88 bits per heavy atom. The minimum Gasteiger partial charge on any atom is -0.315 e. The Balaban J connectivity index is 1.72. The summed E-state index contributed by atoms with van der Waals surface area (Å²) in [6.07, 6.45) is 3.94. The lowest BCUT2D eigenvalue weighted by molar-refractivity contribution is 0.151. The molecule has 2 heteroatoms. The van der Waals surface area contributed by atoms with E-state index in [1.54, 1.807) is 11.1 Å². The number of hydrogen-bond acceptors (Lipinski definition) is 2. The van der Waals surface area contributed by atoms with Crippen LogP contribution in [0.3, 0.4) is 0 Å². The standard InChI is InChI=1S/C14H20N2/c1-2-5-13-11-16(9-7-12(13)4-1)14-6-3-8-15-10-14/h1-2,4-5,14-15H,3,6-11H2. The van der Waals surface area contributed by atoms with Gasteiger partial charge in [-0.2, -0.15) is 0 Å². The first-order chi connectivity index (χ1) is 7.93. The van der Waals surface area contributed by atoms with Crippen molar-refractivity contribution in [1.82, 2.24) is 10.2 Å². The van der Waals surface area contributed by atoms with Gasteiger partial charge in [0.15, 0.2) is 0 Å². The Kier molecular flexibility index (Phi) is 2.94. The van der Waals surface area contributed by atoms with Crippen molar-refractivity contribution >= 4 is 0 Å². The molecule has 0 saturated carbocycles. The fourth-order valence-electron chi connectivity index (χ4n) is 2.97. The third kappa shape index (κ3) is 2.00. The van der Waals surface area contributed by atoms with Gasteiger partial charge in [0.05, 0.1) is 0 Å². The molecule has 0 amide bonds. The fourth-order valence-corrected chi connectivity index (χ4v) is 2.97. The molecule has 3 rings (SSSR count). The molecule has 1 saturated heterocycles. The quantitative estimate of drug-likeness (QED) is 0.770. The van der Waals surface area contributed by atoms with Crippen LogP contribution in [0, 0.1) is 0 Å². The summed E-state index contributed by atoms with van der Waals surface area (Å²) in [5.41, 5.74) is 3.10. The Morgan fingerprint density at radius 1 is 1.19 bits per heavy atom. The summed E-state index contributed by atoms with van der Waals surface area (Å²) in [7, 11) is 0. The molecule has 2 aliphatic heterocycles. The van der Waals surface area contributed by atoms with E-state index in [1.807, 2.05) is 0 Å². The number of benzene rings is 1. The summed E-state index contributed by atoms with van der Waals surface area (Å²) in [4.78, 5) is 2.66. The number of fused-ring (bicyclic) bond motifs is 1. The highest BCUT2D eigenvalue weighted by molar-refractivity contribution is 5.29. The highest BCUT2D eigenvalue weighted by Gasteiger charge is 2.24. The van der Waals surface area contributed by atoms with E-state index in [2.05, 4.69) is 34.5 Å². The van der Waals surface area contributed by atoms with E-state index >= 15 is 0 Å². The number of rotatable bonds is 1. The molecule has 1 aromatic rings. The van der Waals surface area contributed by atoms with E-state index in [0.717, 1.165) is 12.6 Å². The summed E-state index contributed by atoms with van der Waals surface area (Å²) >= 11 is 0. The zero-order valence-electron chi connectivity index (χ0n) is 9.78. The van der Waals surface area contributed by atoms with Crippen molar-refractivity contribution in [2.75, 3.05) is 19.6 Å². The van der Waals surface area contributed by atoms with Gasteiger partial charge in [0, 0.05) is 25.7 Å². The van der Waals surface area contributed by atoms with Gasteiger partial charge in [-0.05, 0) is 36.9 Å². The highest BCUT2D eigenvalue weighted by Crippen LogP contribution is 2.22. The van der Waals surface area contributed by atoms with Crippen molar-refractivity contribution in [3.05, 3.63) is 35.4 Å². The maximum Gasteiger partial charge on any atom is 0.0240 e. The summed E-state index contributed by atoms with van der Waals surface area (Å²) in [6, 6.07) is 9.67. The Hall–Kier alpha value is -0.860. The lowest BCUT2D eigenvalue weighted by Gasteiger charge is -2.37. The van der Waals surface area contributed by atoms with Crippen LogP contribution in [0.4, 0.5) is 0 Å². The highest BCUT2D eigenvalue weighted by atomic mass is 15.2. The molecule has 0 bridgehead atoms. The van der Waals surface area contributed by atoms with Gasteiger partial charge in [0.25, 0.3) is 0 Å². The van der Waals surface area contributed by atoms with Gasteiger partial charge in [0.1, 0.15) is 0 Å². The van der Waals surface area contributed by atoms with Crippen LogP contribution in [0.1, 0.15) is 24.0 Å². The molecule has 0 aromatic heterocycles. The van der Waals surface area contributed by atoms with Crippen molar-refractivity contribution in [3.63, 3.8) is 0 Å². The molecule has 1 atom stereocenters. The van der Waals surface area contributed by atoms with Gasteiger partial charge < -0.3 is 5.32 Å². The lowest BCUT2D eigenvalue weighted by atomic mass is 9.96. The van der Waals surface area contributed by atoms with Gasteiger partial charge >= 0.3 is 0 Å². The Bertz CT molecular complexity index is 356. The predicted molar refractivity (Wildman–Crippen MR) is 66.4 cm³/mol. The number of hydrogen-bond donors (Lipinski definition) is 1. The minimum absolute atomic E-state index is 0.766. The largest absolute Gasteiger partial charge is 0.315 e. The maximum absolute atomic E-state index is 3.51. The molecule has 0 radical (unpaired) electrons. The predicted octanol–water partition coefficient (Wildman–Crippen LogP) is 1.80. The summed E-state index contributed by atoms with van der Waals surface area (Å²) in [6.45, 7) is 4.79.